The number of rotatable bonds is 5. The molecule has 0 bridgehead atoms. The van der Waals surface area contributed by atoms with E-state index in [0.29, 0.717) is 39.5 Å². The Morgan fingerprint density at radius 3 is 2.57 bits per heavy atom. The van der Waals surface area contributed by atoms with E-state index in [4.69, 9.17) is 23.4 Å². The number of ether oxygens (including phenoxy) is 4. The molecule has 0 radical (unpaired) electrons. The first kappa shape index (κ1) is 22.7. The van der Waals surface area contributed by atoms with Crippen molar-refractivity contribution >= 4 is 44.7 Å². The van der Waals surface area contributed by atoms with Gasteiger partial charge in [0, 0.05) is 27.1 Å². The van der Waals surface area contributed by atoms with Crippen LogP contribution >= 0.6 is 15.9 Å². The van der Waals surface area contributed by atoms with Crippen LogP contribution in [-0.2, 0) is 0 Å². The maximum absolute atomic E-state index is 13.0. The van der Waals surface area contributed by atoms with Crippen molar-refractivity contribution in [3.8, 4) is 23.0 Å². The first-order chi connectivity index (χ1) is 16.9. The minimum absolute atomic E-state index is 0.0715. The quantitative estimate of drug-likeness (QED) is 0.167. The molecule has 0 spiro atoms. The standard InChI is InChI=1S/C27H19BrO7/c1-14-20(35-27(30)24-12-16-10-17(28)5-8-21(16)33-24)9-7-19-25(29)23(34-26(14)19)11-15-4-6-18(31-2)13-22(15)32-3/h4-13H,1-3H3/b23-11-. The van der Waals surface area contributed by atoms with Crippen LogP contribution in [0.25, 0.3) is 17.0 Å². The topological polar surface area (TPSA) is 84.2 Å². The van der Waals surface area contributed by atoms with E-state index in [1.54, 1.807) is 62.6 Å². The largest absolute Gasteiger partial charge is 0.497 e. The molecule has 2 heterocycles. The average Bonchev–Trinajstić information content (AvgIpc) is 3.42. The molecule has 0 saturated heterocycles. The SMILES string of the molecule is COc1ccc(/C=C2\Oc3c(ccc(OC(=O)c4cc5cc(Br)ccc5o4)c3C)C2=O)c(OC)c1. The van der Waals surface area contributed by atoms with Crippen LogP contribution in [-0.4, -0.2) is 26.0 Å². The second kappa shape index (κ2) is 8.96. The highest BCUT2D eigenvalue weighted by atomic mass is 79.9. The third-order valence-electron chi connectivity index (χ3n) is 5.65. The predicted octanol–water partition coefficient (Wildman–Crippen LogP) is 6.36. The molecular weight excluding hydrogens is 516 g/mol. The molecule has 5 rings (SSSR count). The highest BCUT2D eigenvalue weighted by Crippen LogP contribution is 2.40. The van der Waals surface area contributed by atoms with E-state index in [1.165, 1.54) is 7.11 Å². The second-order valence-corrected chi connectivity index (χ2v) is 8.71. The Morgan fingerprint density at radius 2 is 1.80 bits per heavy atom. The molecular formula is C27H19BrO7. The molecule has 0 amide bonds. The summed E-state index contributed by atoms with van der Waals surface area (Å²) >= 11 is 3.40. The molecule has 0 fully saturated rings. The van der Waals surface area contributed by atoms with Crippen molar-refractivity contribution in [3.05, 3.63) is 87.3 Å². The van der Waals surface area contributed by atoms with Gasteiger partial charge in [-0.05, 0) is 61.5 Å². The number of hydrogen-bond donors (Lipinski definition) is 0. The number of methoxy groups -OCH3 is 2. The van der Waals surface area contributed by atoms with Gasteiger partial charge in [-0.15, -0.1) is 0 Å². The van der Waals surface area contributed by atoms with Gasteiger partial charge in [-0.3, -0.25) is 4.79 Å². The van der Waals surface area contributed by atoms with Gasteiger partial charge in [0.15, 0.2) is 5.76 Å². The highest BCUT2D eigenvalue weighted by Gasteiger charge is 2.31. The first-order valence-electron chi connectivity index (χ1n) is 10.6. The Balaban J connectivity index is 1.42. The number of Topliss-reactive ketones (excluding diaryl/α,β-unsaturated/α-hetero) is 1. The number of benzene rings is 3. The summed E-state index contributed by atoms with van der Waals surface area (Å²) in [5, 5.41) is 0.773. The lowest BCUT2D eigenvalue weighted by atomic mass is 10.1. The molecule has 8 heteroatoms. The normalized spacial score (nSPS) is 13.6. The third kappa shape index (κ3) is 4.17. The number of esters is 1. The van der Waals surface area contributed by atoms with Crippen molar-refractivity contribution in [2.75, 3.05) is 14.2 Å². The molecule has 1 aliphatic rings. The van der Waals surface area contributed by atoms with Crippen LogP contribution in [0.5, 0.6) is 23.0 Å². The molecule has 35 heavy (non-hydrogen) atoms. The van der Waals surface area contributed by atoms with Gasteiger partial charge < -0.3 is 23.4 Å². The third-order valence-corrected chi connectivity index (χ3v) is 6.14. The highest BCUT2D eigenvalue weighted by molar-refractivity contribution is 9.10. The number of allylic oxidation sites excluding steroid dienone is 1. The number of carbonyl (C=O) groups excluding carboxylic acids is 2. The van der Waals surface area contributed by atoms with E-state index in [-0.39, 0.29) is 23.1 Å². The fourth-order valence-electron chi connectivity index (χ4n) is 3.82. The fourth-order valence-corrected chi connectivity index (χ4v) is 4.20. The van der Waals surface area contributed by atoms with E-state index < -0.39 is 5.97 Å². The van der Waals surface area contributed by atoms with Crippen molar-refractivity contribution in [1.29, 1.82) is 0 Å². The van der Waals surface area contributed by atoms with E-state index in [0.717, 1.165) is 9.86 Å². The summed E-state index contributed by atoms with van der Waals surface area (Å²) in [6.07, 6.45) is 1.61. The Hall–Kier alpha value is -4.04. The molecule has 1 aromatic heterocycles. The van der Waals surface area contributed by atoms with Crippen molar-refractivity contribution in [1.82, 2.24) is 0 Å². The van der Waals surface area contributed by atoms with Crippen LogP contribution in [0.4, 0.5) is 0 Å². The summed E-state index contributed by atoms with van der Waals surface area (Å²) in [7, 11) is 3.10. The van der Waals surface area contributed by atoms with Gasteiger partial charge in [-0.25, -0.2) is 4.79 Å². The lowest BCUT2D eigenvalue weighted by Gasteiger charge is -2.09. The van der Waals surface area contributed by atoms with Crippen LogP contribution in [0.1, 0.15) is 32.0 Å². The lowest BCUT2D eigenvalue weighted by Crippen LogP contribution is -2.08. The number of hydrogen-bond acceptors (Lipinski definition) is 7. The number of carbonyl (C=O) groups is 2. The molecule has 0 saturated carbocycles. The summed E-state index contributed by atoms with van der Waals surface area (Å²) in [5.41, 5.74) is 2.14. The molecule has 0 aliphatic carbocycles. The van der Waals surface area contributed by atoms with Crippen LogP contribution in [0.3, 0.4) is 0 Å². The molecule has 1 aliphatic heterocycles. The minimum Gasteiger partial charge on any atom is -0.497 e. The zero-order valence-corrected chi connectivity index (χ0v) is 20.6. The smallest absolute Gasteiger partial charge is 0.379 e. The van der Waals surface area contributed by atoms with Gasteiger partial charge >= 0.3 is 5.97 Å². The first-order valence-corrected chi connectivity index (χ1v) is 11.4. The van der Waals surface area contributed by atoms with Crippen LogP contribution in [0.2, 0.25) is 0 Å². The second-order valence-electron chi connectivity index (χ2n) is 7.80. The molecule has 0 unspecified atom stereocenters. The minimum atomic E-state index is -0.650. The number of furan rings is 1. The van der Waals surface area contributed by atoms with E-state index in [9.17, 15) is 9.59 Å². The summed E-state index contributed by atoms with van der Waals surface area (Å²) in [5.74, 6) is 1.06. The van der Waals surface area contributed by atoms with Gasteiger partial charge in [0.25, 0.3) is 0 Å². The summed E-state index contributed by atoms with van der Waals surface area (Å²) in [4.78, 5) is 25.7. The molecule has 4 aromatic rings. The zero-order valence-electron chi connectivity index (χ0n) is 19.0. The Labute approximate surface area is 209 Å². The van der Waals surface area contributed by atoms with E-state index >= 15 is 0 Å². The summed E-state index contributed by atoms with van der Waals surface area (Å²) < 4.78 is 28.6. The van der Waals surface area contributed by atoms with Crippen LogP contribution < -0.4 is 18.9 Å². The molecule has 0 atom stereocenters. The molecule has 0 N–H and O–H groups in total. The van der Waals surface area contributed by atoms with Gasteiger partial charge in [-0.1, -0.05) is 15.9 Å². The summed E-state index contributed by atoms with van der Waals surface area (Å²) in [6, 6.07) is 15.5. The lowest BCUT2D eigenvalue weighted by molar-refractivity contribution is 0.0702. The van der Waals surface area contributed by atoms with Crippen LogP contribution in [0, 0.1) is 6.92 Å². The van der Waals surface area contributed by atoms with E-state index in [1.807, 2.05) is 12.1 Å². The Morgan fingerprint density at radius 1 is 0.971 bits per heavy atom. The maximum atomic E-state index is 13.0. The fraction of sp³-hybridized carbons (Fsp3) is 0.111. The summed E-state index contributed by atoms with van der Waals surface area (Å²) in [6.45, 7) is 1.72. The average molecular weight is 535 g/mol. The zero-order chi connectivity index (χ0) is 24.7. The monoisotopic (exact) mass is 534 g/mol. The van der Waals surface area contributed by atoms with Crippen molar-refractivity contribution in [3.63, 3.8) is 0 Å². The molecule has 3 aromatic carbocycles. The Bertz CT molecular complexity index is 1530. The van der Waals surface area contributed by atoms with Crippen molar-refractivity contribution in [2.45, 2.75) is 6.92 Å². The van der Waals surface area contributed by atoms with Gasteiger partial charge in [0.2, 0.25) is 11.5 Å². The molecule has 7 nitrogen and oxygen atoms in total. The number of ketones is 1. The van der Waals surface area contributed by atoms with Crippen molar-refractivity contribution in [2.24, 2.45) is 0 Å². The van der Waals surface area contributed by atoms with E-state index in [2.05, 4.69) is 15.9 Å². The molecule has 176 valence electrons. The van der Waals surface area contributed by atoms with Crippen molar-refractivity contribution < 1.29 is 33.0 Å². The van der Waals surface area contributed by atoms with Crippen LogP contribution in [0.15, 0.2) is 69.2 Å². The Kier molecular flexibility index (Phi) is 5.82. The van der Waals surface area contributed by atoms with Gasteiger partial charge in [-0.2, -0.15) is 0 Å². The maximum Gasteiger partial charge on any atom is 0.379 e. The van der Waals surface area contributed by atoms with Gasteiger partial charge in [0.1, 0.15) is 28.6 Å². The van der Waals surface area contributed by atoms with Gasteiger partial charge in [0.05, 0.1) is 19.8 Å². The predicted molar refractivity (Wildman–Crippen MR) is 133 cm³/mol. The number of halogens is 1. The number of fused-ring (bicyclic) bond motifs is 2.